The highest BCUT2D eigenvalue weighted by molar-refractivity contribution is 7.09. The van der Waals surface area contributed by atoms with Gasteiger partial charge in [-0.15, -0.1) is 11.3 Å². The van der Waals surface area contributed by atoms with Gasteiger partial charge in [0.2, 0.25) is 0 Å². The molecule has 0 bridgehead atoms. The fourth-order valence-electron chi connectivity index (χ4n) is 0.879. The summed E-state index contributed by atoms with van der Waals surface area (Å²) in [6.45, 7) is 3.95. The molecular formula is C9H12N2O2S. The molecule has 0 saturated carbocycles. The lowest BCUT2D eigenvalue weighted by molar-refractivity contribution is -0.138. The minimum Gasteiger partial charge on any atom is -0.461 e. The molecule has 76 valence electrons. The smallest absolute Gasteiger partial charge is 0.354 e. The van der Waals surface area contributed by atoms with Gasteiger partial charge in [0.05, 0.1) is 17.3 Å². The molecule has 0 aliphatic heterocycles. The van der Waals surface area contributed by atoms with Gasteiger partial charge < -0.3 is 10.5 Å². The molecule has 0 spiro atoms. The lowest BCUT2D eigenvalue weighted by Crippen LogP contribution is -2.14. The van der Waals surface area contributed by atoms with Gasteiger partial charge in [-0.25, -0.2) is 9.78 Å². The van der Waals surface area contributed by atoms with Crippen LogP contribution in [0.15, 0.2) is 11.1 Å². The first kappa shape index (κ1) is 10.7. The van der Waals surface area contributed by atoms with Crippen LogP contribution in [0.4, 0.5) is 0 Å². The second-order valence-electron chi connectivity index (χ2n) is 2.61. The minimum atomic E-state index is -0.502. The van der Waals surface area contributed by atoms with Crippen LogP contribution >= 0.6 is 11.3 Å². The number of ether oxygens (including phenoxy) is 1. The van der Waals surface area contributed by atoms with E-state index in [0.29, 0.717) is 12.3 Å². The van der Waals surface area contributed by atoms with Crippen molar-refractivity contribution in [3.63, 3.8) is 0 Å². The van der Waals surface area contributed by atoms with E-state index in [9.17, 15) is 4.79 Å². The second-order valence-corrected chi connectivity index (χ2v) is 3.67. The molecule has 0 radical (unpaired) electrons. The minimum absolute atomic E-state index is 0.0807. The number of thiazole rings is 1. The molecule has 4 nitrogen and oxygen atoms in total. The summed E-state index contributed by atoms with van der Waals surface area (Å²) in [5.74, 6) is -0.502. The first-order chi connectivity index (χ1) is 6.63. The van der Waals surface area contributed by atoms with E-state index in [2.05, 4.69) is 4.98 Å². The highest BCUT2D eigenvalue weighted by Gasteiger charge is 2.06. The summed E-state index contributed by atoms with van der Waals surface area (Å²) in [6.07, 6.45) is 1.52. The van der Waals surface area contributed by atoms with Crippen LogP contribution in [0.5, 0.6) is 0 Å². The van der Waals surface area contributed by atoms with Crippen molar-refractivity contribution in [1.82, 2.24) is 4.98 Å². The Bertz CT molecular complexity index is 357. The number of rotatable bonds is 3. The maximum Gasteiger partial charge on any atom is 0.354 e. The molecule has 0 fully saturated rings. The van der Waals surface area contributed by atoms with E-state index in [1.54, 1.807) is 6.92 Å². The number of aromatic nitrogens is 1. The van der Waals surface area contributed by atoms with Crippen molar-refractivity contribution in [3.05, 3.63) is 21.8 Å². The van der Waals surface area contributed by atoms with Crippen molar-refractivity contribution in [2.75, 3.05) is 6.61 Å². The largest absolute Gasteiger partial charge is 0.461 e. The third-order valence-corrected chi connectivity index (χ3v) is 2.24. The van der Waals surface area contributed by atoms with E-state index in [0.717, 1.165) is 5.01 Å². The molecule has 5 heteroatoms. The van der Waals surface area contributed by atoms with E-state index in [1.165, 1.54) is 17.4 Å². The molecule has 0 amide bonds. The number of carbonyl (C=O) groups is 1. The van der Waals surface area contributed by atoms with Crippen LogP contribution in [0.3, 0.4) is 0 Å². The molecule has 0 aromatic carbocycles. The van der Waals surface area contributed by atoms with Crippen molar-refractivity contribution in [1.29, 1.82) is 0 Å². The van der Waals surface area contributed by atoms with Gasteiger partial charge in [0, 0.05) is 5.38 Å². The number of aryl methyl sites for hydroxylation is 1. The fourth-order valence-corrected chi connectivity index (χ4v) is 1.45. The van der Waals surface area contributed by atoms with Gasteiger partial charge >= 0.3 is 5.97 Å². The third kappa shape index (κ3) is 2.85. The Balaban J connectivity index is 2.73. The molecule has 0 atom stereocenters. The SMILES string of the molecule is CCOC(=O)/C(N)=C/c1csc(C)n1. The lowest BCUT2D eigenvalue weighted by atomic mass is 10.3. The molecule has 14 heavy (non-hydrogen) atoms. The van der Waals surface area contributed by atoms with E-state index < -0.39 is 5.97 Å². The summed E-state index contributed by atoms with van der Waals surface area (Å²) in [5, 5.41) is 2.77. The van der Waals surface area contributed by atoms with Crippen LogP contribution in [0.1, 0.15) is 17.6 Å². The molecule has 2 N–H and O–H groups in total. The highest BCUT2D eigenvalue weighted by atomic mass is 32.1. The zero-order valence-corrected chi connectivity index (χ0v) is 8.93. The van der Waals surface area contributed by atoms with Gasteiger partial charge in [0.25, 0.3) is 0 Å². The monoisotopic (exact) mass is 212 g/mol. The Kier molecular flexibility index (Phi) is 3.64. The average molecular weight is 212 g/mol. The zero-order valence-electron chi connectivity index (χ0n) is 8.11. The molecule has 0 unspecified atom stereocenters. The molecule has 0 aliphatic rings. The molecular weight excluding hydrogens is 200 g/mol. The van der Waals surface area contributed by atoms with Crippen LogP contribution in [-0.2, 0) is 9.53 Å². The van der Waals surface area contributed by atoms with Crippen molar-refractivity contribution in [3.8, 4) is 0 Å². The van der Waals surface area contributed by atoms with Crippen molar-refractivity contribution in [2.24, 2.45) is 5.73 Å². The lowest BCUT2D eigenvalue weighted by Gasteiger charge is -1.99. The van der Waals surface area contributed by atoms with Gasteiger partial charge in [-0.1, -0.05) is 0 Å². The van der Waals surface area contributed by atoms with Crippen molar-refractivity contribution in [2.45, 2.75) is 13.8 Å². The first-order valence-corrected chi connectivity index (χ1v) is 5.08. The normalized spacial score (nSPS) is 11.4. The van der Waals surface area contributed by atoms with Crippen LogP contribution in [0.25, 0.3) is 6.08 Å². The number of hydrogen-bond donors (Lipinski definition) is 1. The molecule has 0 aliphatic carbocycles. The third-order valence-electron chi connectivity index (χ3n) is 1.45. The number of hydrogen-bond acceptors (Lipinski definition) is 5. The van der Waals surface area contributed by atoms with Crippen LogP contribution in [0.2, 0.25) is 0 Å². The zero-order chi connectivity index (χ0) is 10.6. The summed E-state index contributed by atoms with van der Waals surface area (Å²) < 4.78 is 4.73. The molecule has 1 heterocycles. The number of nitrogens with two attached hydrogens (primary N) is 1. The Morgan fingerprint density at radius 3 is 3.00 bits per heavy atom. The quantitative estimate of drug-likeness (QED) is 0.606. The second kappa shape index (κ2) is 4.76. The summed E-state index contributed by atoms with van der Waals surface area (Å²) in [6, 6.07) is 0. The topological polar surface area (TPSA) is 65.2 Å². The fraction of sp³-hybridized carbons (Fsp3) is 0.333. The van der Waals surface area contributed by atoms with E-state index >= 15 is 0 Å². The predicted molar refractivity (Wildman–Crippen MR) is 55.6 cm³/mol. The Hall–Kier alpha value is -1.36. The van der Waals surface area contributed by atoms with Crippen LogP contribution in [0, 0.1) is 6.92 Å². The van der Waals surface area contributed by atoms with Gasteiger partial charge in [-0.3, -0.25) is 0 Å². The molecule has 1 aromatic rings. The summed E-state index contributed by atoms with van der Waals surface area (Å²) in [7, 11) is 0. The van der Waals surface area contributed by atoms with Gasteiger partial charge in [-0.2, -0.15) is 0 Å². The number of carbonyl (C=O) groups excluding carboxylic acids is 1. The Morgan fingerprint density at radius 2 is 2.50 bits per heavy atom. The van der Waals surface area contributed by atoms with Crippen molar-refractivity contribution < 1.29 is 9.53 Å². The predicted octanol–water partition coefficient (Wildman–Crippen LogP) is 1.31. The first-order valence-electron chi connectivity index (χ1n) is 4.20. The number of nitrogens with zero attached hydrogens (tertiary/aromatic N) is 1. The molecule has 1 aromatic heterocycles. The molecule has 0 saturated heterocycles. The summed E-state index contributed by atoms with van der Waals surface area (Å²) in [5.41, 5.74) is 6.27. The van der Waals surface area contributed by atoms with Gasteiger partial charge in [0.15, 0.2) is 0 Å². The molecule has 1 rings (SSSR count). The highest BCUT2D eigenvalue weighted by Crippen LogP contribution is 2.10. The average Bonchev–Trinajstić information content (AvgIpc) is 2.51. The Morgan fingerprint density at radius 1 is 1.79 bits per heavy atom. The van der Waals surface area contributed by atoms with Gasteiger partial charge in [-0.05, 0) is 19.9 Å². The number of esters is 1. The maximum absolute atomic E-state index is 11.1. The Labute approximate surface area is 86.4 Å². The van der Waals surface area contributed by atoms with Crippen LogP contribution < -0.4 is 5.73 Å². The standard InChI is InChI=1S/C9H12N2O2S/c1-3-13-9(12)8(10)4-7-5-14-6(2)11-7/h4-5H,3,10H2,1-2H3/b8-4-. The van der Waals surface area contributed by atoms with E-state index in [1.807, 2.05) is 12.3 Å². The van der Waals surface area contributed by atoms with Crippen molar-refractivity contribution >= 4 is 23.4 Å². The van der Waals surface area contributed by atoms with Gasteiger partial charge in [0.1, 0.15) is 5.70 Å². The summed E-state index contributed by atoms with van der Waals surface area (Å²) in [4.78, 5) is 15.3. The van der Waals surface area contributed by atoms with E-state index in [4.69, 9.17) is 10.5 Å². The van der Waals surface area contributed by atoms with E-state index in [-0.39, 0.29) is 5.70 Å². The maximum atomic E-state index is 11.1. The summed E-state index contributed by atoms with van der Waals surface area (Å²) >= 11 is 1.51. The van der Waals surface area contributed by atoms with Crippen LogP contribution in [-0.4, -0.2) is 17.6 Å².